The molecule has 0 radical (unpaired) electrons. The minimum Gasteiger partial charge on any atom is -1.00 e. The van der Waals surface area contributed by atoms with Crippen LogP contribution >= 0.6 is 0 Å². The molecule has 0 atom stereocenters. The van der Waals surface area contributed by atoms with E-state index in [1.165, 1.54) is 4.90 Å². The molecule has 104 valence electrons. The Morgan fingerprint density at radius 1 is 1.00 bits per heavy atom. The van der Waals surface area contributed by atoms with Crippen molar-refractivity contribution < 1.29 is 27.2 Å². The molecule has 0 spiro atoms. The lowest BCUT2D eigenvalue weighted by molar-refractivity contribution is -0.872. The molecule has 0 unspecified atom stereocenters. The summed E-state index contributed by atoms with van der Waals surface area (Å²) in [5.41, 5.74) is 4.01. The number of fused-ring (bicyclic) bond motifs is 3. The van der Waals surface area contributed by atoms with Crippen molar-refractivity contribution in [1.82, 2.24) is 0 Å². The second-order valence-electron chi connectivity index (χ2n) is 5.29. The molecule has 2 aromatic rings. The van der Waals surface area contributed by atoms with Crippen molar-refractivity contribution in [1.29, 1.82) is 0 Å². The molecule has 0 aliphatic heterocycles. The van der Waals surface area contributed by atoms with Gasteiger partial charge in [-0.05, 0) is 23.3 Å². The Hall–Kier alpha value is -1.84. The summed E-state index contributed by atoms with van der Waals surface area (Å²) in [5.74, 6) is 0.324. The summed E-state index contributed by atoms with van der Waals surface area (Å²) in [6, 6.07) is 11.1. The summed E-state index contributed by atoms with van der Waals surface area (Å²) in [5, 5.41) is 10.1. The van der Waals surface area contributed by atoms with Gasteiger partial charge in [0.15, 0.2) is 5.78 Å². The van der Waals surface area contributed by atoms with Crippen molar-refractivity contribution in [2.75, 3.05) is 14.1 Å². The number of phenolic OH excluding ortho intramolecular Hbond substituents is 1. The van der Waals surface area contributed by atoms with E-state index in [4.69, 9.17) is 0 Å². The van der Waals surface area contributed by atoms with E-state index in [9.17, 15) is 9.90 Å². The number of ketones is 1. The van der Waals surface area contributed by atoms with E-state index in [0.29, 0.717) is 12.1 Å². The van der Waals surface area contributed by atoms with Gasteiger partial charge in [-0.15, -0.1) is 0 Å². The Balaban J connectivity index is 0.00000147. The summed E-state index contributed by atoms with van der Waals surface area (Å²) >= 11 is 0. The molecule has 3 rings (SSSR count). The predicted octanol–water partition coefficient (Wildman–Crippen LogP) is -1.75. The molecule has 2 aromatic carbocycles. The molecule has 1 aliphatic carbocycles. The maximum absolute atomic E-state index is 12.3. The number of benzene rings is 2. The summed E-state index contributed by atoms with van der Waals surface area (Å²) in [6.07, 6.45) is 0. The minimum absolute atomic E-state index is 0. The second kappa shape index (κ2) is 5.27. The Labute approximate surface area is 124 Å². The van der Waals surface area contributed by atoms with Crippen LogP contribution in [0, 0.1) is 0 Å². The van der Waals surface area contributed by atoms with E-state index in [2.05, 4.69) is 0 Å². The summed E-state index contributed by atoms with van der Waals surface area (Å²) in [4.78, 5) is 13.6. The van der Waals surface area contributed by atoms with Crippen molar-refractivity contribution in [3.8, 4) is 16.9 Å². The molecule has 0 bridgehead atoms. The fraction of sp³-hybridized carbons (Fsp3) is 0.188. The van der Waals surface area contributed by atoms with Gasteiger partial charge in [0, 0.05) is 16.7 Å². The molecule has 0 saturated heterocycles. The third-order valence-electron chi connectivity index (χ3n) is 3.47. The molecule has 0 saturated carbocycles. The van der Waals surface area contributed by atoms with Crippen LogP contribution in [0.25, 0.3) is 11.1 Å². The zero-order valence-electron chi connectivity index (χ0n) is 11.4. The molecule has 0 aromatic heterocycles. The van der Waals surface area contributed by atoms with E-state index >= 15 is 0 Å². The van der Waals surface area contributed by atoms with Crippen molar-refractivity contribution in [3.63, 3.8) is 0 Å². The molecule has 1 aliphatic rings. The third-order valence-corrected chi connectivity index (χ3v) is 3.47. The van der Waals surface area contributed by atoms with Gasteiger partial charge >= 0.3 is 0 Å². The number of quaternary nitrogens is 1. The van der Waals surface area contributed by atoms with Gasteiger partial charge in [0.1, 0.15) is 12.3 Å². The lowest BCUT2D eigenvalue weighted by atomic mass is 10.0. The maximum atomic E-state index is 12.3. The van der Waals surface area contributed by atoms with E-state index in [1.54, 1.807) is 6.07 Å². The highest BCUT2D eigenvalue weighted by atomic mass is 35.5. The first kappa shape index (κ1) is 14.6. The van der Waals surface area contributed by atoms with E-state index in [0.717, 1.165) is 22.3 Å². The van der Waals surface area contributed by atoms with Crippen molar-refractivity contribution in [2.24, 2.45) is 0 Å². The van der Waals surface area contributed by atoms with Gasteiger partial charge in [0.25, 0.3) is 0 Å². The number of hydrogen-bond donors (Lipinski definition) is 2. The number of carbonyl (C=O) groups is 1. The SMILES string of the molecule is C[NH+](C)Cc1cc2c(cc1O)-c1ccccc1C2=O.[Cl-]. The molecule has 0 heterocycles. The molecular formula is C16H16ClNO2. The Morgan fingerprint density at radius 3 is 2.30 bits per heavy atom. The van der Waals surface area contributed by atoms with Gasteiger partial charge in [0.2, 0.25) is 0 Å². The zero-order chi connectivity index (χ0) is 13.6. The third kappa shape index (κ3) is 2.19. The van der Waals surface area contributed by atoms with Crippen molar-refractivity contribution >= 4 is 5.78 Å². The van der Waals surface area contributed by atoms with Crippen LogP contribution < -0.4 is 17.3 Å². The standard InChI is InChI=1S/C16H15NO2.ClH/c1-17(2)9-10-7-14-13(8-15(10)18)11-5-3-4-6-12(11)16(14)19;/h3-8,18H,9H2,1-2H3;1H. The Morgan fingerprint density at radius 2 is 1.65 bits per heavy atom. The van der Waals surface area contributed by atoms with Crippen molar-refractivity contribution in [2.45, 2.75) is 6.54 Å². The first-order chi connectivity index (χ1) is 9.08. The quantitative estimate of drug-likeness (QED) is 0.588. The van der Waals surface area contributed by atoms with Crippen LogP contribution in [0.3, 0.4) is 0 Å². The Kier molecular flexibility index (Phi) is 3.84. The van der Waals surface area contributed by atoms with E-state index in [1.807, 2.05) is 44.4 Å². The highest BCUT2D eigenvalue weighted by molar-refractivity contribution is 6.21. The minimum atomic E-state index is 0. The maximum Gasteiger partial charge on any atom is 0.194 e. The highest BCUT2D eigenvalue weighted by Gasteiger charge is 2.27. The van der Waals surface area contributed by atoms with Gasteiger partial charge < -0.3 is 22.4 Å². The monoisotopic (exact) mass is 289 g/mol. The van der Waals surface area contributed by atoms with Crippen LogP contribution in [-0.2, 0) is 6.54 Å². The van der Waals surface area contributed by atoms with Crippen molar-refractivity contribution in [3.05, 3.63) is 53.1 Å². The second-order valence-corrected chi connectivity index (χ2v) is 5.29. The van der Waals surface area contributed by atoms with Gasteiger partial charge in [-0.3, -0.25) is 4.79 Å². The van der Waals surface area contributed by atoms with Gasteiger partial charge in [-0.1, -0.05) is 24.3 Å². The molecule has 20 heavy (non-hydrogen) atoms. The number of hydrogen-bond acceptors (Lipinski definition) is 2. The first-order valence-electron chi connectivity index (χ1n) is 6.37. The topological polar surface area (TPSA) is 41.7 Å². The number of carbonyl (C=O) groups excluding carboxylic acids is 1. The normalized spacial score (nSPS) is 12.1. The lowest BCUT2D eigenvalue weighted by Crippen LogP contribution is -3.04. The summed E-state index contributed by atoms with van der Waals surface area (Å²) in [7, 11) is 4.03. The smallest absolute Gasteiger partial charge is 0.194 e. The molecule has 4 heteroatoms. The van der Waals surface area contributed by atoms with Crippen LogP contribution in [0.5, 0.6) is 5.75 Å². The summed E-state index contributed by atoms with van der Waals surface area (Å²) in [6.45, 7) is 0.697. The van der Waals surface area contributed by atoms with Crippen LogP contribution in [0.1, 0.15) is 21.5 Å². The molecule has 2 N–H and O–H groups in total. The molecule has 3 nitrogen and oxygen atoms in total. The number of phenols is 1. The number of rotatable bonds is 2. The first-order valence-corrected chi connectivity index (χ1v) is 6.37. The van der Waals surface area contributed by atoms with E-state index in [-0.39, 0.29) is 23.9 Å². The number of halogens is 1. The molecule has 0 fully saturated rings. The van der Waals surface area contributed by atoms with Crippen LogP contribution in [0.2, 0.25) is 0 Å². The fourth-order valence-corrected chi connectivity index (χ4v) is 2.63. The average Bonchev–Trinajstić information content (AvgIpc) is 2.64. The zero-order valence-corrected chi connectivity index (χ0v) is 12.2. The Bertz CT molecular complexity index is 680. The largest absolute Gasteiger partial charge is 1.00 e. The average molecular weight is 290 g/mol. The highest BCUT2D eigenvalue weighted by Crippen LogP contribution is 2.39. The van der Waals surface area contributed by atoms with Crippen LogP contribution in [0.4, 0.5) is 0 Å². The molecular weight excluding hydrogens is 274 g/mol. The predicted molar refractivity (Wildman–Crippen MR) is 73.5 cm³/mol. The molecule has 0 amide bonds. The lowest BCUT2D eigenvalue weighted by Gasteiger charge is -2.10. The number of nitrogens with one attached hydrogen (secondary N) is 1. The van der Waals surface area contributed by atoms with Gasteiger partial charge in [-0.2, -0.15) is 0 Å². The number of aromatic hydroxyl groups is 1. The van der Waals surface area contributed by atoms with Crippen LogP contribution in [-0.4, -0.2) is 25.0 Å². The van der Waals surface area contributed by atoms with E-state index < -0.39 is 0 Å². The van der Waals surface area contributed by atoms with Gasteiger partial charge in [-0.25, -0.2) is 0 Å². The van der Waals surface area contributed by atoms with Gasteiger partial charge in [0.05, 0.1) is 14.1 Å². The fourth-order valence-electron chi connectivity index (χ4n) is 2.63. The summed E-state index contributed by atoms with van der Waals surface area (Å²) < 4.78 is 0. The van der Waals surface area contributed by atoms with Crippen LogP contribution in [0.15, 0.2) is 36.4 Å².